The van der Waals surface area contributed by atoms with Gasteiger partial charge >= 0.3 is 0 Å². The van der Waals surface area contributed by atoms with Crippen LogP contribution in [0.1, 0.15) is 31.9 Å². The van der Waals surface area contributed by atoms with E-state index in [0.717, 1.165) is 32.1 Å². The van der Waals surface area contributed by atoms with Crippen molar-refractivity contribution >= 4 is 55.7 Å². The molecule has 1 N–H and O–H groups in total. The number of nitrogens with one attached hydrogen (secondary N) is 1. The smallest absolute Gasteiger partial charge is 0.234 e. The molecule has 30 heavy (non-hydrogen) atoms. The zero-order valence-electron chi connectivity index (χ0n) is 17.0. The number of amides is 1. The predicted molar refractivity (Wildman–Crippen MR) is 124 cm³/mol. The molecule has 2 aromatic carbocycles. The molecule has 0 aliphatic carbocycles. The van der Waals surface area contributed by atoms with Crippen molar-refractivity contribution in [1.82, 2.24) is 25.1 Å². The van der Waals surface area contributed by atoms with Gasteiger partial charge < -0.3 is 9.88 Å². The molecule has 0 aliphatic heterocycles. The molecule has 0 saturated heterocycles. The molecule has 6 nitrogen and oxygen atoms in total. The van der Waals surface area contributed by atoms with E-state index in [4.69, 9.17) is 4.98 Å². The Balaban J connectivity index is 1.56. The van der Waals surface area contributed by atoms with Crippen LogP contribution in [0.4, 0.5) is 0 Å². The zero-order valence-corrected chi connectivity index (χ0v) is 19.4. The highest BCUT2D eigenvalue weighted by molar-refractivity contribution is 9.10. The molecule has 0 bridgehead atoms. The Kier molecular flexibility index (Phi) is 6.06. The summed E-state index contributed by atoms with van der Waals surface area (Å²) in [5.74, 6) is -0.0245. The summed E-state index contributed by atoms with van der Waals surface area (Å²) in [5, 5.41) is 13.0. The summed E-state index contributed by atoms with van der Waals surface area (Å²) in [6.07, 6.45) is 0.668. The first-order chi connectivity index (χ1) is 14.5. The summed E-state index contributed by atoms with van der Waals surface area (Å²) in [6, 6.07) is 15.9. The molecule has 2 aromatic heterocycles. The van der Waals surface area contributed by atoms with Crippen LogP contribution in [0.5, 0.6) is 0 Å². The minimum Gasteiger partial charge on any atom is -0.349 e. The third-order valence-corrected chi connectivity index (χ3v) is 6.82. The number of benzene rings is 2. The third kappa shape index (κ3) is 4.06. The molecule has 4 rings (SSSR count). The van der Waals surface area contributed by atoms with Crippen molar-refractivity contribution in [3.63, 3.8) is 0 Å². The first kappa shape index (κ1) is 20.8. The van der Waals surface area contributed by atoms with Crippen LogP contribution in [0, 0.1) is 0 Å². The van der Waals surface area contributed by atoms with Crippen LogP contribution in [0.3, 0.4) is 0 Å². The minimum absolute atomic E-state index is 0.0245. The van der Waals surface area contributed by atoms with Crippen molar-refractivity contribution in [2.24, 2.45) is 7.05 Å². The van der Waals surface area contributed by atoms with E-state index in [9.17, 15) is 4.79 Å². The van der Waals surface area contributed by atoms with E-state index < -0.39 is 0 Å². The number of carbonyl (C=O) groups excluding carboxylic acids is 1. The second-order valence-corrected chi connectivity index (χ2v) is 9.23. The van der Waals surface area contributed by atoms with Gasteiger partial charge in [-0.05, 0) is 37.1 Å². The Morgan fingerprint density at radius 3 is 2.70 bits per heavy atom. The van der Waals surface area contributed by atoms with Crippen molar-refractivity contribution in [3.05, 3.63) is 58.6 Å². The Bertz CT molecular complexity index is 1210. The molecule has 0 aliphatic rings. The van der Waals surface area contributed by atoms with E-state index in [1.807, 2.05) is 74.0 Å². The van der Waals surface area contributed by atoms with Crippen molar-refractivity contribution in [2.75, 3.05) is 0 Å². The fraction of sp³-hybridized carbons (Fsp3) is 0.273. The number of rotatable bonds is 6. The quantitative estimate of drug-likeness (QED) is 0.389. The lowest BCUT2D eigenvalue weighted by atomic mass is 10.1. The molecule has 2 heterocycles. The molecule has 0 fully saturated rings. The van der Waals surface area contributed by atoms with Gasteiger partial charge in [-0.1, -0.05) is 64.9 Å². The Morgan fingerprint density at radius 2 is 1.97 bits per heavy atom. The van der Waals surface area contributed by atoms with Crippen LogP contribution in [-0.2, 0) is 11.8 Å². The summed E-state index contributed by atoms with van der Waals surface area (Å²) < 4.78 is 2.99. The van der Waals surface area contributed by atoms with Crippen LogP contribution >= 0.6 is 27.7 Å². The molecule has 0 radical (unpaired) electrons. The number of nitrogens with zero attached hydrogens (tertiary/aromatic N) is 4. The van der Waals surface area contributed by atoms with Crippen LogP contribution in [0.25, 0.3) is 22.1 Å². The van der Waals surface area contributed by atoms with E-state index in [1.54, 1.807) is 0 Å². The topological polar surface area (TPSA) is 72.7 Å². The van der Waals surface area contributed by atoms with Crippen LogP contribution in [-0.4, -0.2) is 30.9 Å². The average molecular weight is 484 g/mol. The van der Waals surface area contributed by atoms with Gasteiger partial charge in [0.2, 0.25) is 11.1 Å². The summed E-state index contributed by atoms with van der Waals surface area (Å²) >= 11 is 4.86. The zero-order chi connectivity index (χ0) is 21.3. The second kappa shape index (κ2) is 8.73. The van der Waals surface area contributed by atoms with Gasteiger partial charge in [-0.25, -0.2) is 4.98 Å². The predicted octanol–water partition coefficient (Wildman–Crippen LogP) is 5.03. The molecule has 8 heteroatoms. The number of fused-ring (bicyclic) bond motifs is 3. The van der Waals surface area contributed by atoms with E-state index in [-0.39, 0.29) is 17.2 Å². The number of hydrogen-bond acceptors (Lipinski definition) is 5. The number of thioether (sulfide) groups is 1. The Morgan fingerprint density at radius 1 is 1.20 bits per heavy atom. The fourth-order valence-corrected chi connectivity index (χ4v) is 4.63. The maximum absolute atomic E-state index is 12.9. The van der Waals surface area contributed by atoms with Crippen LogP contribution < -0.4 is 5.32 Å². The average Bonchev–Trinajstić information content (AvgIpc) is 3.03. The van der Waals surface area contributed by atoms with E-state index in [0.29, 0.717) is 11.6 Å². The molecule has 4 aromatic rings. The summed E-state index contributed by atoms with van der Waals surface area (Å²) in [4.78, 5) is 17.6. The standard InChI is InChI=1S/C22H22BrN5OS/c1-4-18(21(29)24-13(2)14-8-6-5-7-9-14)30-22-25-20-19(26-27-22)16-12-15(23)10-11-17(16)28(20)3/h5-13,18H,4H2,1-3H3,(H,24,29)/t13-,18-/m0/s1. The summed E-state index contributed by atoms with van der Waals surface area (Å²) in [6.45, 7) is 3.98. The molecule has 2 atom stereocenters. The molecule has 0 saturated carbocycles. The normalized spacial score (nSPS) is 13.5. The van der Waals surface area contributed by atoms with Gasteiger partial charge in [-0.15, -0.1) is 10.2 Å². The van der Waals surface area contributed by atoms with Crippen LogP contribution in [0.15, 0.2) is 58.2 Å². The molecule has 0 unspecified atom stereocenters. The molecular weight excluding hydrogens is 462 g/mol. The third-order valence-electron chi connectivity index (χ3n) is 5.11. The maximum atomic E-state index is 12.9. The largest absolute Gasteiger partial charge is 0.349 e. The number of aryl methyl sites for hydroxylation is 1. The van der Waals surface area contributed by atoms with Gasteiger partial charge in [0.1, 0.15) is 5.52 Å². The lowest BCUT2D eigenvalue weighted by molar-refractivity contribution is -0.121. The van der Waals surface area contributed by atoms with Gasteiger partial charge in [0.25, 0.3) is 0 Å². The minimum atomic E-state index is -0.292. The lowest BCUT2D eigenvalue weighted by Crippen LogP contribution is -2.34. The van der Waals surface area contributed by atoms with Gasteiger partial charge in [0.05, 0.1) is 16.8 Å². The van der Waals surface area contributed by atoms with Gasteiger partial charge in [0, 0.05) is 16.9 Å². The van der Waals surface area contributed by atoms with Crippen molar-refractivity contribution in [2.45, 2.75) is 36.7 Å². The first-order valence-corrected chi connectivity index (χ1v) is 11.5. The van der Waals surface area contributed by atoms with Gasteiger partial charge in [-0.2, -0.15) is 0 Å². The second-order valence-electron chi connectivity index (χ2n) is 7.14. The number of carbonyl (C=O) groups is 1. The molecule has 154 valence electrons. The van der Waals surface area contributed by atoms with E-state index in [1.165, 1.54) is 11.8 Å². The van der Waals surface area contributed by atoms with E-state index in [2.05, 4.69) is 31.4 Å². The molecule has 1 amide bonds. The van der Waals surface area contributed by atoms with Crippen molar-refractivity contribution in [1.29, 1.82) is 0 Å². The lowest BCUT2D eigenvalue weighted by Gasteiger charge is -2.18. The Labute approximate surface area is 187 Å². The highest BCUT2D eigenvalue weighted by Crippen LogP contribution is 2.30. The maximum Gasteiger partial charge on any atom is 0.234 e. The number of aromatic nitrogens is 4. The highest BCUT2D eigenvalue weighted by Gasteiger charge is 2.22. The van der Waals surface area contributed by atoms with Gasteiger partial charge in [0.15, 0.2) is 5.65 Å². The highest BCUT2D eigenvalue weighted by atomic mass is 79.9. The summed E-state index contributed by atoms with van der Waals surface area (Å²) in [7, 11) is 1.97. The molecule has 0 spiro atoms. The van der Waals surface area contributed by atoms with E-state index >= 15 is 0 Å². The van der Waals surface area contributed by atoms with Gasteiger partial charge in [-0.3, -0.25) is 4.79 Å². The van der Waals surface area contributed by atoms with Crippen LogP contribution in [0.2, 0.25) is 0 Å². The van der Waals surface area contributed by atoms with Crippen molar-refractivity contribution < 1.29 is 4.79 Å². The van der Waals surface area contributed by atoms with Crippen molar-refractivity contribution in [3.8, 4) is 0 Å². The number of hydrogen-bond donors (Lipinski definition) is 1. The Hall–Kier alpha value is -2.45. The first-order valence-electron chi connectivity index (χ1n) is 9.78. The summed E-state index contributed by atoms with van der Waals surface area (Å²) in [5.41, 5.74) is 3.63. The molecular formula is C22H22BrN5OS. The number of halogens is 1. The SMILES string of the molecule is CC[C@H](Sc1nnc2c3cc(Br)ccc3n(C)c2n1)C(=O)N[C@@H](C)c1ccccc1. The monoisotopic (exact) mass is 483 g/mol. The fourth-order valence-electron chi connectivity index (χ4n) is 3.45.